The van der Waals surface area contributed by atoms with Crippen LogP contribution in [-0.4, -0.2) is 42.2 Å². The van der Waals surface area contributed by atoms with Crippen molar-refractivity contribution in [1.29, 1.82) is 0 Å². The molecule has 0 spiro atoms. The number of rotatable bonds is 10. The van der Waals surface area contributed by atoms with Gasteiger partial charge < -0.3 is 24.6 Å². The number of nitrogens with one attached hydrogen (secondary N) is 1. The number of carbonyl (C=O) groups excluding carboxylic acids is 1. The molecule has 200 valence electrons. The number of allylic oxidation sites excluding steroid dienone is 1. The number of halogens is 3. The molecule has 10 heteroatoms. The lowest BCUT2D eigenvalue weighted by Gasteiger charge is -2.29. The second-order valence-corrected chi connectivity index (χ2v) is 8.79. The summed E-state index contributed by atoms with van der Waals surface area (Å²) in [5.41, 5.74) is 2.05. The first-order valence-corrected chi connectivity index (χ1v) is 11.9. The lowest BCUT2D eigenvalue weighted by molar-refractivity contribution is -0.274. The van der Waals surface area contributed by atoms with E-state index in [-0.39, 0.29) is 36.5 Å². The van der Waals surface area contributed by atoms with Gasteiger partial charge in [0.15, 0.2) is 0 Å². The summed E-state index contributed by atoms with van der Waals surface area (Å²) in [6.07, 6.45) is -0.266. The van der Waals surface area contributed by atoms with Crippen molar-refractivity contribution in [1.82, 2.24) is 5.32 Å². The summed E-state index contributed by atoms with van der Waals surface area (Å²) in [5.74, 6) is -2.04. The van der Waals surface area contributed by atoms with Gasteiger partial charge in [-0.25, -0.2) is 4.79 Å². The average molecular weight is 522 g/mol. The second kappa shape index (κ2) is 12.7. The fraction of sp³-hybridized carbons (Fsp3) is 0.407. The Morgan fingerprint density at radius 3 is 2.49 bits per heavy atom. The molecule has 0 radical (unpaired) electrons. The molecule has 2 unspecified atom stereocenters. The predicted octanol–water partition coefficient (Wildman–Crippen LogP) is 5.77. The van der Waals surface area contributed by atoms with Gasteiger partial charge in [-0.05, 0) is 68.9 Å². The van der Waals surface area contributed by atoms with Gasteiger partial charge in [0.1, 0.15) is 5.75 Å². The van der Waals surface area contributed by atoms with Crippen LogP contribution < -0.4 is 10.1 Å². The molecule has 1 fully saturated rings. The lowest BCUT2D eigenvalue weighted by atomic mass is 9.94. The summed E-state index contributed by atoms with van der Waals surface area (Å²) in [5, 5.41) is 12.2. The van der Waals surface area contributed by atoms with Gasteiger partial charge in [0.05, 0.1) is 31.0 Å². The minimum atomic E-state index is -4.85. The van der Waals surface area contributed by atoms with Crippen LogP contribution in [0.2, 0.25) is 0 Å². The zero-order valence-corrected chi connectivity index (χ0v) is 20.6. The third-order valence-electron chi connectivity index (χ3n) is 6.05. The van der Waals surface area contributed by atoms with Gasteiger partial charge in [0.2, 0.25) is 0 Å². The highest BCUT2D eigenvalue weighted by Crippen LogP contribution is 2.26. The quantitative estimate of drug-likeness (QED) is 0.412. The van der Waals surface area contributed by atoms with Crippen molar-refractivity contribution in [2.75, 3.05) is 6.61 Å². The Bertz CT molecular complexity index is 1130. The van der Waals surface area contributed by atoms with Gasteiger partial charge in [-0.1, -0.05) is 30.3 Å². The predicted molar refractivity (Wildman–Crippen MR) is 129 cm³/mol. The van der Waals surface area contributed by atoms with E-state index in [2.05, 4.69) is 10.1 Å². The average Bonchev–Trinajstić information content (AvgIpc) is 2.84. The van der Waals surface area contributed by atoms with Crippen molar-refractivity contribution >= 4 is 11.9 Å². The number of ether oxygens (including phenoxy) is 3. The first-order chi connectivity index (χ1) is 17.6. The Hall–Kier alpha value is -3.37. The molecule has 2 aromatic carbocycles. The van der Waals surface area contributed by atoms with E-state index >= 15 is 0 Å². The van der Waals surface area contributed by atoms with Gasteiger partial charge in [-0.2, -0.15) is 0 Å². The van der Waals surface area contributed by atoms with Crippen LogP contribution >= 0.6 is 0 Å². The smallest absolute Gasteiger partial charge is 0.478 e. The maximum Gasteiger partial charge on any atom is 0.573 e. The van der Waals surface area contributed by atoms with Gasteiger partial charge in [0, 0.05) is 11.3 Å². The van der Waals surface area contributed by atoms with Crippen molar-refractivity contribution in [2.24, 2.45) is 0 Å². The molecule has 2 atom stereocenters. The Morgan fingerprint density at radius 1 is 1.11 bits per heavy atom. The van der Waals surface area contributed by atoms with E-state index in [0.29, 0.717) is 23.2 Å². The number of alkyl halides is 3. The van der Waals surface area contributed by atoms with Gasteiger partial charge in [-0.3, -0.25) is 4.79 Å². The number of amides is 1. The Labute approximate surface area is 213 Å². The van der Waals surface area contributed by atoms with Crippen LogP contribution in [0.1, 0.15) is 64.4 Å². The van der Waals surface area contributed by atoms with Crippen LogP contribution in [-0.2, 0) is 16.1 Å². The molecule has 2 N–H and O–H groups in total. The normalized spacial score (nSPS) is 18.4. The van der Waals surface area contributed by atoms with Gasteiger partial charge in [-0.15, -0.1) is 13.2 Å². The maximum atomic E-state index is 12.5. The van der Waals surface area contributed by atoms with Crippen LogP contribution in [0.3, 0.4) is 0 Å². The van der Waals surface area contributed by atoms with Crippen molar-refractivity contribution in [2.45, 2.75) is 64.7 Å². The SMILES string of the molecule is C/C=C(\COC1CCCC(OCc2cccc(C)c2C(=O)O)C1)NC(=O)c1cccc(OC(F)(F)F)c1. The van der Waals surface area contributed by atoms with Crippen molar-refractivity contribution in [3.8, 4) is 5.75 Å². The van der Waals surface area contributed by atoms with Crippen molar-refractivity contribution in [3.63, 3.8) is 0 Å². The topological polar surface area (TPSA) is 94.1 Å². The van der Waals surface area contributed by atoms with Crippen LogP contribution in [0, 0.1) is 6.92 Å². The maximum absolute atomic E-state index is 12.5. The first kappa shape index (κ1) is 28.2. The first-order valence-electron chi connectivity index (χ1n) is 11.9. The molecular weight excluding hydrogens is 491 g/mol. The molecule has 1 amide bonds. The Kier molecular flexibility index (Phi) is 9.71. The molecule has 2 aromatic rings. The van der Waals surface area contributed by atoms with Crippen molar-refractivity contribution < 1.29 is 42.1 Å². The Morgan fingerprint density at radius 2 is 1.81 bits per heavy atom. The highest BCUT2D eigenvalue weighted by Gasteiger charge is 2.31. The van der Waals surface area contributed by atoms with E-state index in [1.807, 2.05) is 0 Å². The summed E-state index contributed by atoms with van der Waals surface area (Å²) in [4.78, 5) is 24.1. The molecule has 0 aliphatic heterocycles. The van der Waals surface area contributed by atoms with E-state index in [9.17, 15) is 27.9 Å². The minimum Gasteiger partial charge on any atom is -0.478 e. The lowest BCUT2D eigenvalue weighted by Crippen LogP contribution is -2.31. The number of carbonyl (C=O) groups is 2. The summed E-state index contributed by atoms with van der Waals surface area (Å²) in [6, 6.07) is 10.1. The second-order valence-electron chi connectivity index (χ2n) is 8.79. The zero-order chi connectivity index (χ0) is 27.0. The van der Waals surface area contributed by atoms with E-state index in [1.165, 1.54) is 12.1 Å². The van der Waals surface area contributed by atoms with Crippen molar-refractivity contribution in [3.05, 3.63) is 76.5 Å². The summed E-state index contributed by atoms with van der Waals surface area (Å²) < 4.78 is 53.3. The van der Waals surface area contributed by atoms with Gasteiger partial charge in [0.25, 0.3) is 5.91 Å². The number of hydrogen-bond donors (Lipinski definition) is 2. The molecule has 3 rings (SSSR count). The number of aromatic carboxylic acids is 1. The van der Waals surface area contributed by atoms with E-state index in [1.54, 1.807) is 38.1 Å². The number of carboxylic acid groups (broad SMARTS) is 1. The van der Waals surface area contributed by atoms with Crippen LogP contribution in [0.4, 0.5) is 13.2 Å². The van der Waals surface area contributed by atoms with Crippen LogP contribution in [0.15, 0.2) is 54.2 Å². The highest BCUT2D eigenvalue weighted by atomic mass is 19.4. The molecule has 1 saturated carbocycles. The minimum absolute atomic E-state index is 0.0177. The standard InChI is InChI=1S/C27H30F3NO6/c1-3-20(31-25(32)18-8-5-12-23(13-18)37-27(28,29)30)16-36-22-11-6-10-21(14-22)35-15-19-9-4-7-17(2)24(19)26(33)34/h3-5,7-9,12-13,21-22H,6,10-11,14-16H2,1-2H3,(H,31,32)(H,33,34)/b20-3+. The number of hydrogen-bond acceptors (Lipinski definition) is 5. The summed E-state index contributed by atoms with van der Waals surface area (Å²) in [6.45, 7) is 3.77. The van der Waals surface area contributed by atoms with Gasteiger partial charge >= 0.3 is 12.3 Å². The monoisotopic (exact) mass is 521 g/mol. The fourth-order valence-corrected chi connectivity index (χ4v) is 4.22. The van der Waals surface area contributed by atoms with E-state index < -0.39 is 24.0 Å². The largest absolute Gasteiger partial charge is 0.573 e. The molecule has 37 heavy (non-hydrogen) atoms. The third kappa shape index (κ3) is 8.61. The highest BCUT2D eigenvalue weighted by molar-refractivity contribution is 5.95. The van der Waals surface area contributed by atoms with Crippen LogP contribution in [0.25, 0.3) is 0 Å². The zero-order valence-electron chi connectivity index (χ0n) is 20.6. The number of benzene rings is 2. The molecule has 1 aliphatic rings. The molecule has 0 saturated heterocycles. The molecular formula is C27H30F3NO6. The molecule has 0 aromatic heterocycles. The molecule has 1 aliphatic carbocycles. The Balaban J connectivity index is 1.51. The van der Waals surface area contributed by atoms with Crippen LogP contribution in [0.5, 0.6) is 5.75 Å². The number of carboxylic acids is 1. The molecule has 0 heterocycles. The number of aryl methyl sites for hydroxylation is 1. The van der Waals surface area contributed by atoms with E-state index in [4.69, 9.17) is 9.47 Å². The fourth-order valence-electron chi connectivity index (χ4n) is 4.22. The van der Waals surface area contributed by atoms with E-state index in [0.717, 1.165) is 31.4 Å². The summed E-state index contributed by atoms with van der Waals surface area (Å²) >= 11 is 0. The molecule has 0 bridgehead atoms. The summed E-state index contributed by atoms with van der Waals surface area (Å²) in [7, 11) is 0. The third-order valence-corrected chi connectivity index (χ3v) is 6.05. The molecule has 7 nitrogen and oxygen atoms in total.